The van der Waals surface area contributed by atoms with E-state index >= 15 is 0 Å². The highest BCUT2D eigenvalue weighted by Crippen LogP contribution is 2.25. The van der Waals surface area contributed by atoms with Gasteiger partial charge in [0, 0.05) is 18.1 Å². The molecule has 138 valence electrons. The van der Waals surface area contributed by atoms with Crippen LogP contribution in [0.15, 0.2) is 48.5 Å². The standard InChI is InChI=1S/C21H24ClNO3/c1-2-25-21(24)17-6-4-12-23(15-17)14-16-5-3-7-20(13-16)26-19-10-8-18(22)9-11-19/h3,5,7-11,13,17H,2,4,6,12,14-15H2,1H3/t17-/m1/s1. The van der Waals surface area contributed by atoms with E-state index in [2.05, 4.69) is 11.0 Å². The Morgan fingerprint density at radius 3 is 2.77 bits per heavy atom. The maximum Gasteiger partial charge on any atom is 0.310 e. The summed E-state index contributed by atoms with van der Waals surface area (Å²) in [6.45, 7) is 4.84. The highest BCUT2D eigenvalue weighted by Gasteiger charge is 2.26. The molecule has 0 aromatic heterocycles. The van der Waals surface area contributed by atoms with E-state index in [0.717, 1.165) is 44.0 Å². The molecule has 1 heterocycles. The first-order valence-corrected chi connectivity index (χ1v) is 9.43. The van der Waals surface area contributed by atoms with Gasteiger partial charge in [-0.05, 0) is 68.3 Å². The summed E-state index contributed by atoms with van der Waals surface area (Å²) >= 11 is 5.91. The third-order valence-corrected chi connectivity index (χ3v) is 4.73. The first-order valence-electron chi connectivity index (χ1n) is 9.05. The van der Waals surface area contributed by atoms with Crippen molar-refractivity contribution in [2.45, 2.75) is 26.3 Å². The van der Waals surface area contributed by atoms with Crippen molar-refractivity contribution in [1.82, 2.24) is 4.90 Å². The highest BCUT2D eigenvalue weighted by molar-refractivity contribution is 6.30. The fourth-order valence-corrected chi connectivity index (χ4v) is 3.38. The number of esters is 1. The van der Waals surface area contributed by atoms with Crippen molar-refractivity contribution in [1.29, 1.82) is 0 Å². The van der Waals surface area contributed by atoms with E-state index < -0.39 is 0 Å². The van der Waals surface area contributed by atoms with E-state index in [-0.39, 0.29) is 11.9 Å². The van der Waals surface area contributed by atoms with Crippen LogP contribution in [0.1, 0.15) is 25.3 Å². The van der Waals surface area contributed by atoms with Crippen molar-refractivity contribution in [3.05, 3.63) is 59.1 Å². The molecule has 0 N–H and O–H groups in total. The van der Waals surface area contributed by atoms with Crippen LogP contribution in [-0.4, -0.2) is 30.6 Å². The van der Waals surface area contributed by atoms with Gasteiger partial charge in [-0.1, -0.05) is 23.7 Å². The summed E-state index contributed by atoms with van der Waals surface area (Å²) in [6.07, 6.45) is 1.93. The molecule has 1 saturated heterocycles. The second kappa shape index (κ2) is 9.06. The summed E-state index contributed by atoms with van der Waals surface area (Å²) in [5, 5.41) is 0.687. The largest absolute Gasteiger partial charge is 0.466 e. The van der Waals surface area contributed by atoms with Crippen LogP contribution in [-0.2, 0) is 16.1 Å². The number of benzene rings is 2. The summed E-state index contributed by atoms with van der Waals surface area (Å²) < 4.78 is 11.1. The van der Waals surface area contributed by atoms with E-state index in [1.807, 2.05) is 49.4 Å². The Balaban J connectivity index is 1.61. The molecule has 0 radical (unpaired) electrons. The second-order valence-corrected chi connectivity index (χ2v) is 6.97. The normalized spacial score (nSPS) is 17.7. The van der Waals surface area contributed by atoms with Crippen molar-refractivity contribution in [3.8, 4) is 11.5 Å². The van der Waals surface area contributed by atoms with Crippen molar-refractivity contribution in [2.24, 2.45) is 5.92 Å². The van der Waals surface area contributed by atoms with Gasteiger partial charge in [0.1, 0.15) is 11.5 Å². The number of nitrogens with zero attached hydrogens (tertiary/aromatic N) is 1. The van der Waals surface area contributed by atoms with Gasteiger partial charge in [-0.2, -0.15) is 0 Å². The predicted molar refractivity (Wildman–Crippen MR) is 103 cm³/mol. The van der Waals surface area contributed by atoms with Crippen LogP contribution in [0.2, 0.25) is 5.02 Å². The van der Waals surface area contributed by atoms with Crippen molar-refractivity contribution >= 4 is 17.6 Å². The summed E-state index contributed by atoms with van der Waals surface area (Å²) in [5.74, 6) is 1.46. The lowest BCUT2D eigenvalue weighted by molar-refractivity contribution is -0.150. The Labute approximate surface area is 159 Å². The molecule has 0 amide bonds. The quantitative estimate of drug-likeness (QED) is 0.674. The van der Waals surface area contributed by atoms with E-state index in [9.17, 15) is 4.79 Å². The van der Waals surface area contributed by atoms with Gasteiger partial charge in [0.2, 0.25) is 0 Å². The lowest BCUT2D eigenvalue weighted by Gasteiger charge is -2.31. The molecule has 0 saturated carbocycles. The van der Waals surface area contributed by atoms with Crippen LogP contribution >= 0.6 is 11.6 Å². The van der Waals surface area contributed by atoms with Gasteiger partial charge in [-0.3, -0.25) is 9.69 Å². The molecule has 0 bridgehead atoms. The number of piperidine rings is 1. The number of halogens is 1. The Morgan fingerprint density at radius 1 is 1.19 bits per heavy atom. The van der Waals surface area contributed by atoms with Crippen LogP contribution in [0.3, 0.4) is 0 Å². The number of hydrogen-bond donors (Lipinski definition) is 0. The van der Waals surface area contributed by atoms with E-state index in [0.29, 0.717) is 11.6 Å². The molecular formula is C21H24ClNO3. The maximum atomic E-state index is 12.0. The molecule has 2 aromatic carbocycles. The molecule has 4 nitrogen and oxygen atoms in total. The third-order valence-electron chi connectivity index (χ3n) is 4.48. The fraction of sp³-hybridized carbons (Fsp3) is 0.381. The van der Waals surface area contributed by atoms with E-state index in [4.69, 9.17) is 21.1 Å². The first kappa shape index (κ1) is 18.7. The smallest absolute Gasteiger partial charge is 0.310 e. The second-order valence-electron chi connectivity index (χ2n) is 6.53. The first-order chi connectivity index (χ1) is 12.6. The Hall–Kier alpha value is -2.04. The molecule has 0 spiro atoms. The number of ether oxygens (including phenoxy) is 2. The number of carbonyl (C=O) groups excluding carboxylic acids is 1. The summed E-state index contributed by atoms with van der Waals surface area (Å²) in [4.78, 5) is 14.3. The molecule has 0 unspecified atom stereocenters. The van der Waals surface area contributed by atoms with Crippen LogP contribution in [0.25, 0.3) is 0 Å². The topological polar surface area (TPSA) is 38.8 Å². The van der Waals surface area contributed by atoms with Gasteiger partial charge in [-0.25, -0.2) is 0 Å². The van der Waals surface area contributed by atoms with Crippen molar-refractivity contribution in [3.63, 3.8) is 0 Å². The minimum absolute atomic E-state index is 0.0165. The van der Waals surface area contributed by atoms with Crippen LogP contribution in [0, 0.1) is 5.92 Å². The van der Waals surface area contributed by atoms with Crippen LogP contribution < -0.4 is 4.74 Å². The fourth-order valence-electron chi connectivity index (χ4n) is 3.26. The van der Waals surface area contributed by atoms with Gasteiger partial charge in [0.05, 0.1) is 12.5 Å². The number of carbonyl (C=O) groups is 1. The number of likely N-dealkylation sites (tertiary alicyclic amines) is 1. The summed E-state index contributed by atoms with van der Waals surface area (Å²) in [7, 11) is 0. The molecule has 1 fully saturated rings. The molecule has 1 aliphatic heterocycles. The predicted octanol–water partition coefficient (Wildman–Crippen LogP) is 4.91. The number of hydrogen-bond acceptors (Lipinski definition) is 4. The number of rotatable bonds is 6. The molecule has 26 heavy (non-hydrogen) atoms. The minimum Gasteiger partial charge on any atom is -0.466 e. The average molecular weight is 374 g/mol. The maximum absolute atomic E-state index is 12.0. The zero-order chi connectivity index (χ0) is 18.4. The van der Waals surface area contributed by atoms with Crippen molar-refractivity contribution in [2.75, 3.05) is 19.7 Å². The van der Waals surface area contributed by atoms with Crippen LogP contribution in [0.4, 0.5) is 0 Å². The van der Waals surface area contributed by atoms with E-state index in [1.165, 1.54) is 5.56 Å². The summed E-state index contributed by atoms with van der Waals surface area (Å²) in [6, 6.07) is 15.4. The molecule has 1 aliphatic rings. The lowest BCUT2D eigenvalue weighted by atomic mass is 9.97. The van der Waals surface area contributed by atoms with Gasteiger partial charge in [0.15, 0.2) is 0 Å². The van der Waals surface area contributed by atoms with Gasteiger partial charge in [0.25, 0.3) is 0 Å². The Kier molecular flexibility index (Phi) is 6.53. The van der Waals surface area contributed by atoms with Gasteiger partial charge < -0.3 is 9.47 Å². The summed E-state index contributed by atoms with van der Waals surface area (Å²) in [5.41, 5.74) is 1.17. The van der Waals surface area contributed by atoms with Crippen LogP contribution in [0.5, 0.6) is 11.5 Å². The zero-order valence-corrected chi connectivity index (χ0v) is 15.7. The minimum atomic E-state index is -0.0722. The molecule has 2 aromatic rings. The lowest BCUT2D eigenvalue weighted by Crippen LogP contribution is -2.38. The molecule has 3 rings (SSSR count). The van der Waals surface area contributed by atoms with Gasteiger partial charge >= 0.3 is 5.97 Å². The molecule has 1 atom stereocenters. The Morgan fingerprint density at radius 2 is 2.00 bits per heavy atom. The van der Waals surface area contributed by atoms with E-state index in [1.54, 1.807) is 0 Å². The van der Waals surface area contributed by atoms with Crippen molar-refractivity contribution < 1.29 is 14.3 Å². The molecule has 5 heteroatoms. The highest BCUT2D eigenvalue weighted by atomic mass is 35.5. The molecule has 0 aliphatic carbocycles. The SMILES string of the molecule is CCOC(=O)[C@@H]1CCCN(Cc2cccc(Oc3ccc(Cl)cc3)c2)C1. The molecular weight excluding hydrogens is 350 g/mol. The van der Waals surface area contributed by atoms with Gasteiger partial charge in [-0.15, -0.1) is 0 Å². The average Bonchev–Trinajstić information content (AvgIpc) is 2.64. The third kappa shape index (κ3) is 5.23. The zero-order valence-electron chi connectivity index (χ0n) is 15.0. The Bertz CT molecular complexity index is 732. The monoisotopic (exact) mass is 373 g/mol.